The maximum Gasteiger partial charge on any atom is 0.260 e. The van der Waals surface area contributed by atoms with Crippen LogP contribution in [-0.4, -0.2) is 42.0 Å². The molecule has 28 heavy (non-hydrogen) atoms. The summed E-state index contributed by atoms with van der Waals surface area (Å²) in [6.45, 7) is 7.71. The molecule has 2 aromatic rings. The largest absolute Gasteiger partial charge is 0.357 e. The van der Waals surface area contributed by atoms with Gasteiger partial charge >= 0.3 is 0 Å². The Labute approximate surface area is 166 Å². The van der Waals surface area contributed by atoms with Crippen molar-refractivity contribution in [2.75, 3.05) is 29.4 Å². The predicted molar refractivity (Wildman–Crippen MR) is 112 cm³/mol. The Morgan fingerprint density at radius 2 is 1.75 bits per heavy atom. The maximum absolute atomic E-state index is 13.2. The molecule has 1 aliphatic heterocycles. The van der Waals surface area contributed by atoms with Crippen LogP contribution in [0.5, 0.6) is 0 Å². The van der Waals surface area contributed by atoms with Crippen molar-refractivity contribution in [1.82, 2.24) is 10.3 Å². The molecule has 0 atom stereocenters. The number of carbonyl (C=O) groups excluding carboxylic acids is 2. The van der Waals surface area contributed by atoms with Crippen LogP contribution in [0.3, 0.4) is 0 Å². The normalized spacial score (nSPS) is 14.0. The van der Waals surface area contributed by atoms with Crippen LogP contribution in [0.2, 0.25) is 0 Å². The van der Waals surface area contributed by atoms with Gasteiger partial charge in [0.2, 0.25) is 5.91 Å². The zero-order valence-electron chi connectivity index (χ0n) is 16.8. The van der Waals surface area contributed by atoms with Gasteiger partial charge in [0.15, 0.2) is 0 Å². The van der Waals surface area contributed by atoms with Crippen molar-refractivity contribution in [2.45, 2.75) is 39.2 Å². The van der Waals surface area contributed by atoms with E-state index in [2.05, 4.69) is 15.2 Å². The number of carbonyl (C=O) groups is 2. The minimum absolute atomic E-state index is 0.0476. The molecule has 0 unspecified atom stereocenters. The Bertz CT molecular complexity index is 807. The number of nitrogens with one attached hydrogen (secondary N) is 1. The molecule has 1 fully saturated rings. The lowest BCUT2D eigenvalue weighted by molar-refractivity contribution is -0.121. The molecule has 0 saturated carbocycles. The first kappa shape index (κ1) is 19.9. The summed E-state index contributed by atoms with van der Waals surface area (Å²) >= 11 is 0. The number of amides is 2. The summed E-state index contributed by atoms with van der Waals surface area (Å²) in [4.78, 5) is 33.8. The first-order chi connectivity index (χ1) is 13.3. The van der Waals surface area contributed by atoms with Crippen LogP contribution in [0.25, 0.3) is 0 Å². The number of aromatic nitrogens is 1. The van der Waals surface area contributed by atoms with Crippen molar-refractivity contribution in [3.63, 3.8) is 0 Å². The van der Waals surface area contributed by atoms with Crippen molar-refractivity contribution < 1.29 is 9.59 Å². The lowest BCUT2D eigenvalue weighted by atomic mass is 10.1. The summed E-state index contributed by atoms with van der Waals surface area (Å²) in [7, 11) is 0. The number of para-hydroxylation sites is 1. The van der Waals surface area contributed by atoms with Gasteiger partial charge in [-0.1, -0.05) is 18.2 Å². The minimum Gasteiger partial charge on any atom is -0.357 e. The maximum atomic E-state index is 13.2. The van der Waals surface area contributed by atoms with E-state index in [9.17, 15) is 9.59 Å². The Balaban J connectivity index is 1.80. The molecule has 148 valence electrons. The molecule has 6 nitrogen and oxygen atoms in total. The number of pyridine rings is 1. The van der Waals surface area contributed by atoms with Gasteiger partial charge in [-0.3, -0.25) is 14.5 Å². The lowest BCUT2D eigenvalue weighted by Crippen LogP contribution is -2.47. The van der Waals surface area contributed by atoms with Crippen molar-refractivity contribution >= 4 is 23.3 Å². The molecular formula is C22H28N4O2. The fourth-order valence-corrected chi connectivity index (χ4v) is 3.29. The van der Waals surface area contributed by atoms with E-state index in [-0.39, 0.29) is 23.9 Å². The molecule has 2 heterocycles. The molecule has 2 amide bonds. The molecule has 1 saturated heterocycles. The van der Waals surface area contributed by atoms with E-state index >= 15 is 0 Å². The second kappa shape index (κ2) is 8.42. The number of benzene rings is 1. The molecule has 0 radical (unpaired) electrons. The highest BCUT2D eigenvalue weighted by atomic mass is 16.2. The number of anilines is 2. The van der Waals surface area contributed by atoms with E-state index in [1.807, 2.05) is 57.2 Å². The fourth-order valence-electron chi connectivity index (χ4n) is 3.29. The topological polar surface area (TPSA) is 65.5 Å². The van der Waals surface area contributed by atoms with Crippen LogP contribution >= 0.6 is 0 Å². The molecule has 1 aromatic carbocycles. The van der Waals surface area contributed by atoms with Gasteiger partial charge in [-0.05, 0) is 57.9 Å². The molecule has 3 rings (SSSR count). The summed E-state index contributed by atoms with van der Waals surface area (Å²) in [5.74, 6) is 0.452. The molecule has 1 N–H and O–H groups in total. The predicted octanol–water partition coefficient (Wildman–Crippen LogP) is 3.24. The number of hydrogen-bond donors (Lipinski definition) is 1. The Hall–Kier alpha value is -2.89. The average Bonchev–Trinajstić information content (AvgIpc) is 3.20. The Kier molecular flexibility index (Phi) is 5.97. The first-order valence-electron chi connectivity index (χ1n) is 9.72. The molecule has 0 bridgehead atoms. The third kappa shape index (κ3) is 5.09. The standard InChI is InChI=1S/C22H28N4O2/c1-22(2,3)24-20(27)16-26(18-9-5-4-6-10-18)21(28)17-11-12-19(23-15-17)25-13-7-8-14-25/h4-6,9-12,15H,7-8,13-14,16H2,1-3H3,(H,24,27). The van der Waals surface area contributed by atoms with Crippen molar-refractivity contribution in [3.8, 4) is 0 Å². The first-order valence-corrected chi connectivity index (χ1v) is 9.72. The van der Waals surface area contributed by atoms with Crippen molar-refractivity contribution in [2.24, 2.45) is 0 Å². The Morgan fingerprint density at radius 3 is 2.32 bits per heavy atom. The minimum atomic E-state index is -0.360. The van der Waals surface area contributed by atoms with Gasteiger partial charge in [0, 0.05) is 30.5 Å². The quantitative estimate of drug-likeness (QED) is 0.865. The highest BCUT2D eigenvalue weighted by molar-refractivity contribution is 6.08. The molecule has 1 aromatic heterocycles. The molecular weight excluding hydrogens is 352 g/mol. The van der Waals surface area contributed by atoms with Crippen LogP contribution in [0.15, 0.2) is 48.7 Å². The van der Waals surface area contributed by atoms with Crippen LogP contribution in [0.1, 0.15) is 44.0 Å². The molecule has 0 spiro atoms. The van der Waals surface area contributed by atoms with Gasteiger partial charge in [0.25, 0.3) is 5.91 Å². The summed E-state index contributed by atoms with van der Waals surface area (Å²) in [5.41, 5.74) is 0.789. The third-order valence-corrected chi connectivity index (χ3v) is 4.55. The van der Waals surface area contributed by atoms with Crippen LogP contribution in [0.4, 0.5) is 11.5 Å². The van der Waals surface area contributed by atoms with E-state index in [0.29, 0.717) is 11.3 Å². The summed E-state index contributed by atoms with van der Waals surface area (Å²) in [5, 5.41) is 2.92. The monoisotopic (exact) mass is 380 g/mol. The molecule has 0 aliphatic carbocycles. The van der Waals surface area contributed by atoms with E-state index < -0.39 is 0 Å². The second-order valence-electron chi connectivity index (χ2n) is 8.12. The third-order valence-electron chi connectivity index (χ3n) is 4.55. The summed E-state index contributed by atoms with van der Waals surface area (Å²) in [6.07, 6.45) is 3.95. The van der Waals surface area contributed by atoms with E-state index in [1.54, 1.807) is 12.3 Å². The molecule has 6 heteroatoms. The van der Waals surface area contributed by atoms with Gasteiger partial charge in [-0.2, -0.15) is 0 Å². The van der Waals surface area contributed by atoms with Gasteiger partial charge in [-0.15, -0.1) is 0 Å². The second-order valence-corrected chi connectivity index (χ2v) is 8.12. The number of nitrogens with zero attached hydrogens (tertiary/aromatic N) is 3. The fraction of sp³-hybridized carbons (Fsp3) is 0.409. The number of rotatable bonds is 5. The van der Waals surface area contributed by atoms with Gasteiger partial charge < -0.3 is 10.2 Å². The lowest BCUT2D eigenvalue weighted by Gasteiger charge is -2.26. The smallest absolute Gasteiger partial charge is 0.260 e. The van der Waals surface area contributed by atoms with Crippen LogP contribution in [0, 0.1) is 0 Å². The zero-order valence-corrected chi connectivity index (χ0v) is 16.8. The van der Waals surface area contributed by atoms with E-state index in [4.69, 9.17) is 0 Å². The highest BCUT2D eigenvalue weighted by Gasteiger charge is 2.23. The van der Waals surface area contributed by atoms with Crippen molar-refractivity contribution in [1.29, 1.82) is 0 Å². The summed E-state index contributed by atoms with van der Waals surface area (Å²) in [6, 6.07) is 12.9. The van der Waals surface area contributed by atoms with Crippen LogP contribution in [-0.2, 0) is 4.79 Å². The van der Waals surface area contributed by atoms with E-state index in [1.165, 1.54) is 17.7 Å². The molecule has 1 aliphatic rings. The van der Waals surface area contributed by atoms with Gasteiger partial charge in [0.1, 0.15) is 12.4 Å². The number of hydrogen-bond acceptors (Lipinski definition) is 4. The van der Waals surface area contributed by atoms with Gasteiger partial charge in [0.05, 0.1) is 5.56 Å². The van der Waals surface area contributed by atoms with Crippen LogP contribution < -0.4 is 15.1 Å². The zero-order chi connectivity index (χ0) is 20.1. The van der Waals surface area contributed by atoms with E-state index in [0.717, 1.165) is 18.9 Å². The van der Waals surface area contributed by atoms with Crippen molar-refractivity contribution in [3.05, 3.63) is 54.2 Å². The summed E-state index contributed by atoms with van der Waals surface area (Å²) < 4.78 is 0. The average molecular weight is 380 g/mol. The SMILES string of the molecule is CC(C)(C)NC(=O)CN(C(=O)c1ccc(N2CCCC2)nc1)c1ccccc1. The van der Waals surface area contributed by atoms with Gasteiger partial charge in [-0.25, -0.2) is 4.98 Å². The highest BCUT2D eigenvalue weighted by Crippen LogP contribution is 2.20. The Morgan fingerprint density at radius 1 is 1.07 bits per heavy atom.